The van der Waals surface area contributed by atoms with Crippen LogP contribution >= 0.6 is 11.6 Å². The molecule has 86 valence electrons. The quantitative estimate of drug-likeness (QED) is 0.674. The molecule has 0 unspecified atom stereocenters. The molecule has 0 aromatic carbocycles. The Labute approximate surface area is 96.2 Å². The molecule has 3 nitrogen and oxygen atoms in total. The molecule has 1 aromatic heterocycles. The first-order valence-electron chi connectivity index (χ1n) is 5.48. The number of rotatable bonds is 8. The third-order valence-electron chi connectivity index (χ3n) is 2.14. The van der Waals surface area contributed by atoms with Crippen molar-refractivity contribution < 1.29 is 4.42 Å². The maximum Gasteiger partial charge on any atom is 0.197 e. The highest BCUT2D eigenvalue weighted by Crippen LogP contribution is 2.15. The van der Waals surface area contributed by atoms with Crippen LogP contribution in [0.3, 0.4) is 0 Å². The summed E-state index contributed by atoms with van der Waals surface area (Å²) < 4.78 is 4.99. The molecule has 0 atom stereocenters. The lowest BCUT2D eigenvalue weighted by atomic mass is 10.3. The van der Waals surface area contributed by atoms with Gasteiger partial charge in [0, 0.05) is 12.1 Å². The molecule has 0 bridgehead atoms. The van der Waals surface area contributed by atoms with E-state index in [2.05, 4.69) is 17.6 Å². The van der Waals surface area contributed by atoms with E-state index in [9.17, 15) is 0 Å². The van der Waals surface area contributed by atoms with Crippen LogP contribution in [0.4, 0.5) is 0 Å². The van der Waals surface area contributed by atoms with Crippen LogP contribution in [0.2, 0.25) is 5.22 Å². The third-order valence-corrected chi connectivity index (χ3v) is 2.47. The van der Waals surface area contributed by atoms with Crippen molar-refractivity contribution in [2.75, 3.05) is 19.6 Å². The molecule has 0 saturated heterocycles. The van der Waals surface area contributed by atoms with E-state index in [1.807, 2.05) is 6.07 Å². The van der Waals surface area contributed by atoms with E-state index in [0.29, 0.717) is 5.22 Å². The maximum atomic E-state index is 5.80. The molecule has 0 radical (unpaired) electrons. The van der Waals surface area contributed by atoms with Crippen molar-refractivity contribution in [3.8, 4) is 0 Å². The molecule has 0 fully saturated rings. The number of hydrogen-bond donors (Lipinski definition) is 2. The summed E-state index contributed by atoms with van der Waals surface area (Å²) in [6.07, 6.45) is 3.94. The lowest BCUT2D eigenvalue weighted by Gasteiger charge is -2.04. The lowest BCUT2D eigenvalue weighted by Crippen LogP contribution is -2.22. The van der Waals surface area contributed by atoms with Gasteiger partial charge < -0.3 is 15.1 Å². The molecule has 0 saturated carbocycles. The smallest absolute Gasteiger partial charge is 0.197 e. The summed E-state index contributed by atoms with van der Waals surface area (Å²) in [4.78, 5) is 0. The van der Waals surface area contributed by atoms with Crippen molar-refractivity contribution in [2.45, 2.75) is 26.3 Å². The SMILES string of the molecule is CCCNCCCNCc1ccoc1Cl. The Bertz CT molecular complexity index is 263. The van der Waals surface area contributed by atoms with E-state index >= 15 is 0 Å². The third kappa shape index (κ3) is 5.21. The average molecular weight is 231 g/mol. The zero-order valence-electron chi connectivity index (χ0n) is 9.18. The summed E-state index contributed by atoms with van der Waals surface area (Å²) in [6, 6.07) is 1.89. The normalized spacial score (nSPS) is 10.8. The fourth-order valence-electron chi connectivity index (χ4n) is 1.31. The van der Waals surface area contributed by atoms with Gasteiger partial charge in [0.2, 0.25) is 0 Å². The summed E-state index contributed by atoms with van der Waals surface area (Å²) in [6.45, 7) is 6.13. The lowest BCUT2D eigenvalue weighted by molar-refractivity contribution is 0.558. The monoisotopic (exact) mass is 230 g/mol. The molecule has 0 aliphatic rings. The summed E-state index contributed by atoms with van der Waals surface area (Å²) in [5.41, 5.74) is 1.03. The van der Waals surface area contributed by atoms with Gasteiger partial charge in [-0.05, 0) is 50.1 Å². The molecule has 1 rings (SSSR count). The van der Waals surface area contributed by atoms with Gasteiger partial charge in [-0.25, -0.2) is 0 Å². The molecule has 0 amide bonds. The van der Waals surface area contributed by atoms with Crippen molar-refractivity contribution in [1.82, 2.24) is 10.6 Å². The Morgan fingerprint density at radius 3 is 2.73 bits per heavy atom. The molecular weight excluding hydrogens is 212 g/mol. The minimum Gasteiger partial charge on any atom is -0.453 e. The Hall–Kier alpha value is -0.510. The Kier molecular flexibility index (Phi) is 6.48. The summed E-state index contributed by atoms with van der Waals surface area (Å²) in [7, 11) is 0. The summed E-state index contributed by atoms with van der Waals surface area (Å²) in [5, 5.41) is 7.17. The number of halogens is 1. The Balaban J connectivity index is 1.96. The molecule has 15 heavy (non-hydrogen) atoms. The predicted octanol–water partition coefficient (Wildman–Crippen LogP) is 2.41. The summed E-state index contributed by atoms with van der Waals surface area (Å²) >= 11 is 5.80. The second kappa shape index (κ2) is 7.74. The minimum absolute atomic E-state index is 0.492. The van der Waals surface area contributed by atoms with Crippen LogP contribution in [0.15, 0.2) is 16.7 Å². The Morgan fingerprint density at radius 1 is 1.27 bits per heavy atom. The number of furan rings is 1. The molecule has 0 aliphatic carbocycles. The van der Waals surface area contributed by atoms with E-state index in [4.69, 9.17) is 16.0 Å². The predicted molar refractivity (Wildman–Crippen MR) is 63.2 cm³/mol. The minimum atomic E-state index is 0.492. The average Bonchev–Trinajstić information content (AvgIpc) is 2.63. The van der Waals surface area contributed by atoms with Crippen molar-refractivity contribution in [3.05, 3.63) is 23.1 Å². The van der Waals surface area contributed by atoms with Crippen LogP contribution in [0.25, 0.3) is 0 Å². The second-order valence-corrected chi connectivity index (χ2v) is 3.84. The van der Waals surface area contributed by atoms with Crippen molar-refractivity contribution in [2.24, 2.45) is 0 Å². The van der Waals surface area contributed by atoms with Crippen molar-refractivity contribution in [1.29, 1.82) is 0 Å². The zero-order chi connectivity index (χ0) is 10.9. The topological polar surface area (TPSA) is 37.2 Å². The van der Waals surface area contributed by atoms with Crippen LogP contribution in [0, 0.1) is 0 Å². The van der Waals surface area contributed by atoms with E-state index in [1.54, 1.807) is 6.26 Å². The van der Waals surface area contributed by atoms with Gasteiger partial charge >= 0.3 is 0 Å². The molecule has 0 aliphatic heterocycles. The van der Waals surface area contributed by atoms with Gasteiger partial charge in [0.15, 0.2) is 5.22 Å². The molecular formula is C11H19ClN2O. The first kappa shape index (κ1) is 12.6. The largest absolute Gasteiger partial charge is 0.453 e. The van der Waals surface area contributed by atoms with Crippen LogP contribution in [0.5, 0.6) is 0 Å². The van der Waals surface area contributed by atoms with Crippen LogP contribution in [-0.2, 0) is 6.54 Å². The van der Waals surface area contributed by atoms with Gasteiger partial charge in [-0.15, -0.1) is 0 Å². The van der Waals surface area contributed by atoms with Gasteiger partial charge in [0.1, 0.15) is 0 Å². The number of nitrogens with one attached hydrogen (secondary N) is 2. The zero-order valence-corrected chi connectivity index (χ0v) is 9.94. The highest BCUT2D eigenvalue weighted by Gasteiger charge is 2.01. The highest BCUT2D eigenvalue weighted by atomic mass is 35.5. The molecule has 2 N–H and O–H groups in total. The van der Waals surface area contributed by atoms with E-state index in [1.165, 1.54) is 6.42 Å². The van der Waals surface area contributed by atoms with E-state index in [0.717, 1.165) is 38.2 Å². The van der Waals surface area contributed by atoms with Gasteiger partial charge in [0.25, 0.3) is 0 Å². The fraction of sp³-hybridized carbons (Fsp3) is 0.636. The second-order valence-electron chi connectivity index (χ2n) is 3.50. The molecule has 4 heteroatoms. The van der Waals surface area contributed by atoms with Crippen LogP contribution in [-0.4, -0.2) is 19.6 Å². The highest BCUT2D eigenvalue weighted by molar-refractivity contribution is 6.29. The van der Waals surface area contributed by atoms with Crippen molar-refractivity contribution >= 4 is 11.6 Å². The fourth-order valence-corrected chi connectivity index (χ4v) is 1.49. The number of hydrogen-bond acceptors (Lipinski definition) is 3. The van der Waals surface area contributed by atoms with Gasteiger partial charge in [0.05, 0.1) is 6.26 Å². The van der Waals surface area contributed by atoms with Gasteiger partial charge in [-0.2, -0.15) is 0 Å². The first-order chi connectivity index (χ1) is 7.34. The molecule has 1 aromatic rings. The Morgan fingerprint density at radius 2 is 2.07 bits per heavy atom. The molecule has 1 heterocycles. The van der Waals surface area contributed by atoms with Crippen LogP contribution < -0.4 is 10.6 Å². The summed E-state index contributed by atoms with van der Waals surface area (Å²) in [5.74, 6) is 0. The maximum absolute atomic E-state index is 5.80. The van der Waals surface area contributed by atoms with Gasteiger partial charge in [-0.1, -0.05) is 6.92 Å². The van der Waals surface area contributed by atoms with Gasteiger partial charge in [-0.3, -0.25) is 0 Å². The molecule has 0 spiro atoms. The van der Waals surface area contributed by atoms with Crippen molar-refractivity contribution in [3.63, 3.8) is 0 Å². The van der Waals surface area contributed by atoms with E-state index in [-0.39, 0.29) is 0 Å². The van der Waals surface area contributed by atoms with Crippen LogP contribution in [0.1, 0.15) is 25.3 Å². The standard InChI is InChI=1S/C11H19ClN2O/c1-2-5-13-6-3-7-14-9-10-4-8-15-11(10)12/h4,8,13-14H,2-3,5-7,9H2,1H3. The van der Waals surface area contributed by atoms with E-state index < -0.39 is 0 Å². The first-order valence-corrected chi connectivity index (χ1v) is 5.85.